The minimum atomic E-state index is 0.00260. The van der Waals surface area contributed by atoms with Gasteiger partial charge in [-0.1, -0.05) is 18.2 Å². The Bertz CT molecular complexity index is 613. The molecule has 0 heterocycles. The van der Waals surface area contributed by atoms with Crippen molar-refractivity contribution in [3.8, 4) is 0 Å². The van der Waals surface area contributed by atoms with Gasteiger partial charge in [0.05, 0.1) is 11.4 Å². The molecular formula is C16H16BrNOS. The molecule has 0 aliphatic heterocycles. The summed E-state index contributed by atoms with van der Waals surface area (Å²) in [7, 11) is 0. The number of benzene rings is 2. The smallest absolute Gasteiger partial charge is 0.234 e. The monoisotopic (exact) mass is 349 g/mol. The van der Waals surface area contributed by atoms with E-state index in [0.29, 0.717) is 5.75 Å². The zero-order valence-electron chi connectivity index (χ0n) is 11.4. The van der Waals surface area contributed by atoms with E-state index in [0.717, 1.165) is 15.1 Å². The number of amides is 1. The van der Waals surface area contributed by atoms with Crippen molar-refractivity contribution in [3.05, 3.63) is 58.1 Å². The van der Waals surface area contributed by atoms with Crippen LogP contribution in [0, 0.1) is 13.8 Å². The second-order valence-electron chi connectivity index (χ2n) is 4.57. The molecule has 0 spiro atoms. The molecule has 2 aromatic rings. The summed E-state index contributed by atoms with van der Waals surface area (Å²) < 4.78 is 0.915. The van der Waals surface area contributed by atoms with E-state index in [2.05, 4.69) is 28.2 Å². The standard InChI is InChI=1S/C16H16BrNOS/c1-11-8-14(17)15(9-12(11)2)18-16(19)10-20-13-6-4-3-5-7-13/h3-9H,10H2,1-2H3,(H,18,19). The van der Waals surface area contributed by atoms with Crippen LogP contribution in [0.4, 0.5) is 5.69 Å². The third kappa shape index (κ3) is 4.12. The minimum Gasteiger partial charge on any atom is -0.324 e. The lowest BCUT2D eigenvalue weighted by atomic mass is 10.1. The van der Waals surface area contributed by atoms with Crippen LogP contribution in [0.15, 0.2) is 51.8 Å². The Hall–Kier alpha value is -1.26. The second kappa shape index (κ2) is 6.95. The van der Waals surface area contributed by atoms with Crippen LogP contribution in [0.1, 0.15) is 11.1 Å². The zero-order valence-corrected chi connectivity index (χ0v) is 13.8. The molecule has 0 atom stereocenters. The van der Waals surface area contributed by atoms with E-state index in [1.807, 2.05) is 49.4 Å². The van der Waals surface area contributed by atoms with Gasteiger partial charge in [0.1, 0.15) is 0 Å². The van der Waals surface area contributed by atoms with Gasteiger partial charge < -0.3 is 5.32 Å². The van der Waals surface area contributed by atoms with Gasteiger partial charge in [-0.3, -0.25) is 4.79 Å². The van der Waals surface area contributed by atoms with E-state index < -0.39 is 0 Å². The van der Waals surface area contributed by atoms with Gasteiger partial charge in [-0.2, -0.15) is 0 Å². The predicted molar refractivity (Wildman–Crippen MR) is 89.4 cm³/mol. The maximum Gasteiger partial charge on any atom is 0.234 e. The van der Waals surface area contributed by atoms with Gasteiger partial charge in [0.2, 0.25) is 5.91 Å². The Balaban J connectivity index is 1.97. The molecule has 0 bridgehead atoms. The lowest BCUT2D eigenvalue weighted by Gasteiger charge is -2.10. The molecule has 0 unspecified atom stereocenters. The SMILES string of the molecule is Cc1cc(Br)c(NC(=O)CSc2ccccc2)cc1C. The van der Waals surface area contributed by atoms with Gasteiger partial charge in [0.15, 0.2) is 0 Å². The highest BCUT2D eigenvalue weighted by molar-refractivity contribution is 9.10. The fourth-order valence-corrected chi connectivity index (χ4v) is 3.01. The van der Waals surface area contributed by atoms with Crippen LogP contribution in [0.25, 0.3) is 0 Å². The molecule has 1 N–H and O–H groups in total. The normalized spacial score (nSPS) is 10.3. The Morgan fingerprint density at radius 3 is 2.50 bits per heavy atom. The number of rotatable bonds is 4. The number of hydrogen-bond acceptors (Lipinski definition) is 2. The number of thioether (sulfide) groups is 1. The molecule has 0 saturated carbocycles. The van der Waals surface area contributed by atoms with Gasteiger partial charge in [-0.25, -0.2) is 0 Å². The highest BCUT2D eigenvalue weighted by Gasteiger charge is 2.08. The van der Waals surface area contributed by atoms with Gasteiger partial charge >= 0.3 is 0 Å². The van der Waals surface area contributed by atoms with Crippen LogP contribution in [0.2, 0.25) is 0 Å². The van der Waals surface area contributed by atoms with Crippen molar-refractivity contribution in [2.75, 3.05) is 11.1 Å². The summed E-state index contributed by atoms with van der Waals surface area (Å²) in [6.07, 6.45) is 0. The molecule has 20 heavy (non-hydrogen) atoms. The molecule has 0 fully saturated rings. The van der Waals surface area contributed by atoms with Crippen molar-refractivity contribution < 1.29 is 4.79 Å². The summed E-state index contributed by atoms with van der Waals surface area (Å²) in [6, 6.07) is 13.9. The van der Waals surface area contributed by atoms with E-state index in [1.165, 1.54) is 22.9 Å². The maximum atomic E-state index is 12.0. The van der Waals surface area contributed by atoms with Crippen molar-refractivity contribution >= 4 is 39.3 Å². The van der Waals surface area contributed by atoms with Crippen molar-refractivity contribution in [1.82, 2.24) is 0 Å². The number of anilines is 1. The molecule has 2 rings (SSSR count). The summed E-state index contributed by atoms with van der Waals surface area (Å²) in [5, 5.41) is 2.94. The lowest BCUT2D eigenvalue weighted by molar-refractivity contribution is -0.113. The first-order valence-electron chi connectivity index (χ1n) is 6.30. The summed E-state index contributed by atoms with van der Waals surface area (Å²) in [6.45, 7) is 4.09. The summed E-state index contributed by atoms with van der Waals surface area (Å²) in [5.74, 6) is 0.409. The lowest BCUT2D eigenvalue weighted by Crippen LogP contribution is -2.14. The first kappa shape index (κ1) is 15.1. The number of hydrogen-bond donors (Lipinski definition) is 1. The van der Waals surface area contributed by atoms with Crippen LogP contribution in [-0.2, 0) is 4.79 Å². The van der Waals surface area contributed by atoms with Crippen molar-refractivity contribution in [3.63, 3.8) is 0 Å². The molecule has 2 nitrogen and oxygen atoms in total. The average Bonchev–Trinajstić information content (AvgIpc) is 2.44. The fraction of sp³-hybridized carbons (Fsp3) is 0.188. The number of carbonyl (C=O) groups is 1. The maximum absolute atomic E-state index is 12.0. The Kier molecular flexibility index (Phi) is 5.26. The highest BCUT2D eigenvalue weighted by atomic mass is 79.9. The third-order valence-electron chi connectivity index (χ3n) is 2.97. The second-order valence-corrected chi connectivity index (χ2v) is 6.47. The quantitative estimate of drug-likeness (QED) is 0.803. The topological polar surface area (TPSA) is 29.1 Å². The van der Waals surface area contributed by atoms with Crippen LogP contribution >= 0.6 is 27.7 Å². The summed E-state index contributed by atoms with van der Waals surface area (Å²) in [5.41, 5.74) is 3.19. The number of halogens is 1. The van der Waals surface area contributed by atoms with Gasteiger partial charge in [-0.05, 0) is 65.2 Å². The van der Waals surface area contributed by atoms with Crippen LogP contribution in [0.3, 0.4) is 0 Å². The molecule has 0 aliphatic carbocycles. The van der Waals surface area contributed by atoms with Crippen LogP contribution in [0.5, 0.6) is 0 Å². The zero-order chi connectivity index (χ0) is 14.5. The first-order valence-corrected chi connectivity index (χ1v) is 8.08. The molecule has 0 radical (unpaired) electrons. The van der Waals surface area contributed by atoms with Crippen LogP contribution < -0.4 is 5.32 Å². The van der Waals surface area contributed by atoms with E-state index in [-0.39, 0.29) is 5.91 Å². The predicted octanol–water partition coefficient (Wildman–Crippen LogP) is 4.80. The molecule has 104 valence electrons. The number of carbonyl (C=O) groups excluding carboxylic acids is 1. The van der Waals surface area contributed by atoms with Gasteiger partial charge in [-0.15, -0.1) is 11.8 Å². The summed E-state index contributed by atoms with van der Waals surface area (Å²) in [4.78, 5) is 13.1. The Morgan fingerprint density at radius 2 is 1.80 bits per heavy atom. The molecule has 1 amide bonds. The molecule has 0 aromatic heterocycles. The average molecular weight is 350 g/mol. The van der Waals surface area contributed by atoms with Gasteiger partial charge in [0, 0.05) is 9.37 Å². The number of aryl methyl sites for hydroxylation is 2. The van der Waals surface area contributed by atoms with Crippen molar-refractivity contribution in [2.24, 2.45) is 0 Å². The highest BCUT2D eigenvalue weighted by Crippen LogP contribution is 2.26. The van der Waals surface area contributed by atoms with E-state index in [9.17, 15) is 4.79 Å². The molecule has 0 saturated heterocycles. The van der Waals surface area contributed by atoms with E-state index in [4.69, 9.17) is 0 Å². The van der Waals surface area contributed by atoms with Crippen molar-refractivity contribution in [1.29, 1.82) is 0 Å². The van der Waals surface area contributed by atoms with Gasteiger partial charge in [0.25, 0.3) is 0 Å². The molecule has 4 heteroatoms. The van der Waals surface area contributed by atoms with E-state index >= 15 is 0 Å². The number of nitrogens with one attached hydrogen (secondary N) is 1. The third-order valence-corrected chi connectivity index (χ3v) is 4.64. The first-order chi connectivity index (χ1) is 9.56. The van der Waals surface area contributed by atoms with Crippen LogP contribution in [-0.4, -0.2) is 11.7 Å². The minimum absolute atomic E-state index is 0.00260. The molecular weight excluding hydrogens is 334 g/mol. The Morgan fingerprint density at radius 1 is 1.15 bits per heavy atom. The molecule has 2 aromatic carbocycles. The van der Waals surface area contributed by atoms with Crippen molar-refractivity contribution in [2.45, 2.75) is 18.7 Å². The molecule has 0 aliphatic rings. The fourth-order valence-electron chi connectivity index (χ4n) is 1.73. The largest absolute Gasteiger partial charge is 0.324 e. The Labute approximate surface area is 132 Å². The van der Waals surface area contributed by atoms with E-state index in [1.54, 1.807) is 0 Å². The summed E-state index contributed by atoms with van der Waals surface area (Å²) >= 11 is 5.02.